The van der Waals surface area contributed by atoms with Crippen LogP contribution in [0.15, 0.2) is 66.9 Å². The van der Waals surface area contributed by atoms with Crippen LogP contribution in [0.25, 0.3) is 10.9 Å². The Morgan fingerprint density at radius 3 is 2.33 bits per heavy atom. The highest BCUT2D eigenvalue weighted by atomic mass is 19.1. The van der Waals surface area contributed by atoms with Crippen LogP contribution in [-0.4, -0.2) is 41.0 Å². The molecule has 0 saturated heterocycles. The second-order valence-corrected chi connectivity index (χ2v) is 9.41. The molecule has 1 saturated carbocycles. The molecule has 42 heavy (non-hydrogen) atoms. The second-order valence-electron chi connectivity index (χ2n) is 9.41. The van der Waals surface area contributed by atoms with E-state index in [4.69, 9.17) is 14.7 Å². The van der Waals surface area contributed by atoms with Crippen molar-refractivity contribution in [3.05, 3.63) is 89.9 Å². The number of amides is 3. The number of hydrogen-bond acceptors (Lipinski definition) is 7. The van der Waals surface area contributed by atoms with Crippen LogP contribution in [0.3, 0.4) is 0 Å². The summed E-state index contributed by atoms with van der Waals surface area (Å²) in [6, 6.07) is 12.3. The number of ether oxygens (including phenoxy) is 1. The van der Waals surface area contributed by atoms with E-state index in [2.05, 4.69) is 21.1 Å². The average molecular weight is 581 g/mol. The highest BCUT2D eigenvalue weighted by Crippen LogP contribution is 2.48. The molecular formula is C29H23F3N4O6. The lowest BCUT2D eigenvalue weighted by Gasteiger charge is -2.17. The van der Waals surface area contributed by atoms with Gasteiger partial charge in [-0.05, 0) is 61.4 Å². The Morgan fingerprint density at radius 2 is 1.62 bits per heavy atom. The zero-order chi connectivity index (χ0) is 29.9. The normalized spacial score (nSPS) is 13.3. The van der Waals surface area contributed by atoms with Crippen LogP contribution in [0.1, 0.15) is 23.2 Å². The van der Waals surface area contributed by atoms with E-state index in [0.29, 0.717) is 10.9 Å². The maximum atomic E-state index is 15.0. The molecule has 4 N–H and O–H groups in total. The number of pyridine rings is 1. The quantitative estimate of drug-likeness (QED) is 0.123. The van der Waals surface area contributed by atoms with Crippen LogP contribution >= 0.6 is 0 Å². The van der Waals surface area contributed by atoms with E-state index in [1.165, 1.54) is 42.6 Å². The van der Waals surface area contributed by atoms with Crippen LogP contribution in [-0.2, 0) is 14.4 Å². The standard InChI is InChI=1S/C29H23F3N4O6/c30-17-2-4-18(5-3-17)34-27(39)29(8-9-29)28(40)35-23-14-21(32)25(15-20(23)31)42-24-7-10-33-22-13-16(1-6-19(22)24)26(38)36-41-12-11-37/h1-7,10,13-15,37H,8-9,11-12H2,(H,34,39)(H,35,40)(H,36,38). The lowest BCUT2D eigenvalue weighted by Crippen LogP contribution is -2.35. The predicted octanol–water partition coefficient (Wildman–Crippen LogP) is 4.46. The number of hydroxylamine groups is 1. The van der Waals surface area contributed by atoms with Crippen LogP contribution in [0.5, 0.6) is 11.5 Å². The molecule has 1 aromatic heterocycles. The molecule has 0 unspecified atom stereocenters. The van der Waals surface area contributed by atoms with Crippen LogP contribution in [0.2, 0.25) is 0 Å². The third-order valence-electron chi connectivity index (χ3n) is 6.53. The van der Waals surface area contributed by atoms with Gasteiger partial charge < -0.3 is 20.5 Å². The van der Waals surface area contributed by atoms with E-state index in [1.54, 1.807) is 0 Å². The van der Waals surface area contributed by atoms with Gasteiger partial charge in [0.2, 0.25) is 11.8 Å². The summed E-state index contributed by atoms with van der Waals surface area (Å²) in [5, 5.41) is 14.0. The second kappa shape index (κ2) is 11.8. The topological polar surface area (TPSA) is 139 Å². The van der Waals surface area contributed by atoms with Crippen molar-refractivity contribution in [1.29, 1.82) is 0 Å². The van der Waals surface area contributed by atoms with Gasteiger partial charge in [-0.1, -0.05) is 0 Å². The van der Waals surface area contributed by atoms with E-state index in [1.807, 2.05) is 0 Å². The summed E-state index contributed by atoms with van der Waals surface area (Å²) < 4.78 is 48.8. The fraction of sp³-hybridized carbons (Fsp3) is 0.172. The van der Waals surface area contributed by atoms with E-state index in [-0.39, 0.29) is 43.1 Å². The zero-order valence-electron chi connectivity index (χ0n) is 21.7. The maximum absolute atomic E-state index is 15.0. The molecule has 1 aliphatic rings. The van der Waals surface area contributed by atoms with Crippen molar-refractivity contribution in [2.75, 3.05) is 23.8 Å². The van der Waals surface area contributed by atoms with Crippen molar-refractivity contribution < 1.29 is 42.2 Å². The number of halogens is 3. The number of benzene rings is 3. The summed E-state index contributed by atoms with van der Waals surface area (Å²) in [6.07, 6.45) is 1.76. The number of fused-ring (bicyclic) bond motifs is 1. The number of aliphatic hydroxyl groups excluding tert-OH is 1. The minimum atomic E-state index is -1.47. The number of nitrogens with one attached hydrogen (secondary N) is 3. The van der Waals surface area contributed by atoms with Crippen molar-refractivity contribution in [1.82, 2.24) is 10.5 Å². The molecule has 3 aromatic carbocycles. The first kappa shape index (κ1) is 28.5. The number of aliphatic hydroxyl groups is 1. The summed E-state index contributed by atoms with van der Waals surface area (Å²) in [5.41, 5.74) is 1.02. The third kappa shape index (κ3) is 6.01. The molecule has 0 atom stereocenters. The van der Waals surface area contributed by atoms with Crippen LogP contribution in [0, 0.1) is 22.9 Å². The van der Waals surface area contributed by atoms with E-state index >= 15 is 4.39 Å². The molecule has 0 aliphatic heterocycles. The Bertz CT molecular complexity index is 1680. The van der Waals surface area contributed by atoms with Gasteiger partial charge in [-0.15, -0.1) is 0 Å². The molecule has 216 valence electrons. The molecule has 1 fully saturated rings. The first-order valence-electron chi connectivity index (χ1n) is 12.7. The largest absolute Gasteiger partial charge is 0.453 e. The molecule has 3 amide bonds. The van der Waals surface area contributed by atoms with Gasteiger partial charge in [0.1, 0.15) is 17.0 Å². The number of rotatable bonds is 10. The maximum Gasteiger partial charge on any atom is 0.274 e. The summed E-state index contributed by atoms with van der Waals surface area (Å²) in [6.45, 7) is -0.366. The Kier molecular flexibility index (Phi) is 8.04. The fourth-order valence-electron chi connectivity index (χ4n) is 4.10. The van der Waals surface area contributed by atoms with Crippen LogP contribution in [0.4, 0.5) is 24.5 Å². The lowest BCUT2D eigenvalue weighted by molar-refractivity contribution is -0.131. The van der Waals surface area contributed by atoms with Crippen molar-refractivity contribution in [2.45, 2.75) is 12.8 Å². The highest BCUT2D eigenvalue weighted by molar-refractivity contribution is 6.17. The molecule has 0 spiro atoms. The summed E-state index contributed by atoms with van der Waals surface area (Å²) in [5.74, 6) is -4.88. The first-order valence-corrected chi connectivity index (χ1v) is 12.7. The van der Waals surface area contributed by atoms with Crippen molar-refractivity contribution >= 4 is 40.0 Å². The van der Waals surface area contributed by atoms with Gasteiger partial charge in [0.05, 0.1) is 24.4 Å². The number of anilines is 2. The van der Waals surface area contributed by atoms with Gasteiger partial charge >= 0.3 is 0 Å². The smallest absolute Gasteiger partial charge is 0.274 e. The van der Waals surface area contributed by atoms with Gasteiger partial charge in [-0.3, -0.25) is 24.2 Å². The number of nitrogens with zero attached hydrogens (tertiary/aromatic N) is 1. The molecule has 4 aromatic rings. The molecule has 0 radical (unpaired) electrons. The molecule has 1 aliphatic carbocycles. The number of carbonyl (C=O) groups is 3. The molecular weight excluding hydrogens is 557 g/mol. The monoisotopic (exact) mass is 580 g/mol. The average Bonchev–Trinajstić information content (AvgIpc) is 3.79. The van der Waals surface area contributed by atoms with Gasteiger partial charge in [-0.25, -0.2) is 18.7 Å². The molecule has 0 bridgehead atoms. The van der Waals surface area contributed by atoms with E-state index in [0.717, 1.165) is 24.3 Å². The first-order chi connectivity index (χ1) is 20.2. The van der Waals surface area contributed by atoms with Gasteiger partial charge in [0.15, 0.2) is 17.4 Å². The Labute approximate surface area is 236 Å². The SMILES string of the molecule is O=C(NOCCO)c1ccc2c(Oc3cc(F)c(NC(=O)C4(C(=O)Nc5ccc(F)cc5)CC4)cc3F)ccnc2c1. The van der Waals surface area contributed by atoms with Gasteiger partial charge in [-0.2, -0.15) is 0 Å². The number of aromatic nitrogens is 1. The summed E-state index contributed by atoms with van der Waals surface area (Å²) >= 11 is 0. The number of hydrogen-bond donors (Lipinski definition) is 4. The minimum absolute atomic E-state index is 0.0894. The van der Waals surface area contributed by atoms with Gasteiger partial charge in [0.25, 0.3) is 5.91 Å². The molecule has 10 nitrogen and oxygen atoms in total. The van der Waals surface area contributed by atoms with Crippen molar-refractivity contribution in [3.8, 4) is 11.5 Å². The molecule has 13 heteroatoms. The Morgan fingerprint density at radius 1 is 0.881 bits per heavy atom. The highest BCUT2D eigenvalue weighted by Gasteiger charge is 2.56. The molecule has 5 rings (SSSR count). The Hall–Kier alpha value is -5.01. The van der Waals surface area contributed by atoms with Crippen molar-refractivity contribution in [2.24, 2.45) is 5.41 Å². The summed E-state index contributed by atoms with van der Waals surface area (Å²) in [7, 11) is 0. The Balaban J connectivity index is 1.29. The summed E-state index contributed by atoms with van der Waals surface area (Å²) in [4.78, 5) is 46.8. The molecule has 1 heterocycles. The van der Waals surface area contributed by atoms with E-state index in [9.17, 15) is 23.2 Å². The van der Waals surface area contributed by atoms with Crippen LogP contribution < -0.4 is 20.9 Å². The zero-order valence-corrected chi connectivity index (χ0v) is 21.7. The predicted molar refractivity (Wildman–Crippen MR) is 144 cm³/mol. The third-order valence-corrected chi connectivity index (χ3v) is 6.53. The van der Waals surface area contributed by atoms with E-state index < -0.39 is 52.0 Å². The van der Waals surface area contributed by atoms with Gasteiger partial charge in [0, 0.05) is 35.0 Å². The fourth-order valence-corrected chi connectivity index (χ4v) is 4.10. The lowest BCUT2D eigenvalue weighted by atomic mass is 10.0. The number of carbonyl (C=O) groups excluding carboxylic acids is 3. The minimum Gasteiger partial charge on any atom is -0.453 e. The van der Waals surface area contributed by atoms with Crippen molar-refractivity contribution in [3.63, 3.8) is 0 Å².